The number of nitrogens with zero attached hydrogens (tertiary/aromatic N) is 2. The first-order valence-corrected chi connectivity index (χ1v) is 6.52. The van der Waals surface area contributed by atoms with Crippen molar-refractivity contribution in [3.63, 3.8) is 0 Å². The highest BCUT2D eigenvalue weighted by molar-refractivity contribution is 6.33. The molecule has 0 unspecified atom stereocenters. The number of benzene rings is 1. The molecule has 0 aliphatic heterocycles. The van der Waals surface area contributed by atoms with Crippen molar-refractivity contribution in [3.8, 4) is 0 Å². The van der Waals surface area contributed by atoms with Gasteiger partial charge in [0.05, 0.1) is 22.1 Å². The van der Waals surface area contributed by atoms with E-state index in [9.17, 15) is 4.79 Å². The van der Waals surface area contributed by atoms with Gasteiger partial charge in [-0.25, -0.2) is 4.99 Å². The summed E-state index contributed by atoms with van der Waals surface area (Å²) in [4.78, 5) is 17.9. The molecule has 5 heteroatoms. The lowest BCUT2D eigenvalue weighted by atomic mass is 10.0. The van der Waals surface area contributed by atoms with E-state index in [1.165, 1.54) is 6.08 Å². The zero-order chi connectivity index (χ0) is 14.9. The number of aliphatic imine (C=N–C) groups is 1. The van der Waals surface area contributed by atoms with Gasteiger partial charge in [-0.15, -0.1) is 0 Å². The number of carbonyl (C=O) groups excluding carboxylic acids is 1. The fourth-order valence-electron chi connectivity index (χ4n) is 1.80. The van der Waals surface area contributed by atoms with Crippen LogP contribution in [0.25, 0.3) is 0 Å². The molecule has 0 saturated carbocycles. The molecule has 1 aliphatic rings. The van der Waals surface area contributed by atoms with Gasteiger partial charge in [0.1, 0.15) is 0 Å². The van der Waals surface area contributed by atoms with E-state index in [-0.39, 0.29) is 11.5 Å². The van der Waals surface area contributed by atoms with E-state index in [4.69, 9.17) is 17.3 Å². The van der Waals surface area contributed by atoms with Crippen molar-refractivity contribution in [3.05, 3.63) is 46.6 Å². The third-order valence-corrected chi connectivity index (χ3v) is 3.32. The third-order valence-electron chi connectivity index (χ3n) is 3.02. The minimum absolute atomic E-state index is 0.185. The van der Waals surface area contributed by atoms with Gasteiger partial charge in [0.25, 0.3) is 0 Å². The van der Waals surface area contributed by atoms with Crippen LogP contribution in [0.3, 0.4) is 0 Å². The quantitative estimate of drug-likeness (QED) is 0.852. The summed E-state index contributed by atoms with van der Waals surface area (Å²) in [5, 5.41) is 0.556. The molecule has 0 radical (unpaired) electrons. The van der Waals surface area contributed by atoms with Gasteiger partial charge in [0.2, 0.25) is 5.78 Å². The highest BCUT2D eigenvalue weighted by Gasteiger charge is 2.14. The van der Waals surface area contributed by atoms with Crippen LogP contribution < -0.4 is 10.6 Å². The lowest BCUT2D eigenvalue weighted by Crippen LogP contribution is -2.17. The Hall–Kier alpha value is -2.07. The van der Waals surface area contributed by atoms with Gasteiger partial charge in [0.15, 0.2) is 0 Å². The summed E-state index contributed by atoms with van der Waals surface area (Å²) in [5.41, 5.74) is 8.90. The molecule has 0 bridgehead atoms. The molecule has 0 atom stereocenters. The van der Waals surface area contributed by atoms with Crippen LogP contribution in [0.4, 0.5) is 11.4 Å². The van der Waals surface area contributed by atoms with Gasteiger partial charge in [-0.05, 0) is 42.8 Å². The Labute approximate surface area is 123 Å². The normalized spacial score (nSPS) is 17.0. The summed E-state index contributed by atoms with van der Waals surface area (Å²) in [6.07, 6.45) is 3.06. The van der Waals surface area contributed by atoms with E-state index < -0.39 is 0 Å². The molecule has 1 aromatic carbocycles. The monoisotopic (exact) mass is 289 g/mol. The van der Waals surface area contributed by atoms with Crippen molar-refractivity contribution in [1.29, 1.82) is 0 Å². The first-order chi connectivity index (χ1) is 9.38. The number of ketones is 1. The first kappa shape index (κ1) is 14.3. The zero-order valence-electron chi connectivity index (χ0n) is 11.6. The molecule has 0 fully saturated rings. The van der Waals surface area contributed by atoms with Crippen LogP contribution in [-0.4, -0.2) is 25.6 Å². The molecule has 104 valence electrons. The van der Waals surface area contributed by atoms with E-state index in [2.05, 4.69) is 4.99 Å². The predicted molar refractivity (Wildman–Crippen MR) is 83.9 cm³/mol. The molecule has 1 aliphatic carbocycles. The van der Waals surface area contributed by atoms with Crippen molar-refractivity contribution in [2.45, 2.75) is 6.92 Å². The standard InChI is InChI=1S/C15H16ClN3O/c1-9-6-15(20)12(17)8-14(9)18-13-5-4-10(19(2)3)7-11(13)16/h4-8H,17H2,1-3H3. The molecule has 0 heterocycles. The second kappa shape index (κ2) is 5.51. The lowest BCUT2D eigenvalue weighted by Gasteiger charge is -2.14. The highest BCUT2D eigenvalue weighted by Crippen LogP contribution is 2.30. The van der Waals surface area contributed by atoms with Crippen molar-refractivity contribution < 1.29 is 4.79 Å². The number of anilines is 1. The first-order valence-electron chi connectivity index (χ1n) is 6.14. The molecular formula is C15H16ClN3O. The van der Waals surface area contributed by atoms with Crippen LogP contribution in [0.15, 0.2) is 46.6 Å². The summed E-state index contributed by atoms with van der Waals surface area (Å²) < 4.78 is 0. The SMILES string of the molecule is CC1=CC(=O)C(N)=CC1=Nc1ccc(N(C)C)cc1Cl. The van der Waals surface area contributed by atoms with Crippen molar-refractivity contribution >= 4 is 34.5 Å². The van der Waals surface area contributed by atoms with Crippen molar-refractivity contribution in [2.75, 3.05) is 19.0 Å². The number of hydrogen-bond donors (Lipinski definition) is 1. The highest BCUT2D eigenvalue weighted by atomic mass is 35.5. The van der Waals surface area contributed by atoms with Crippen molar-refractivity contribution in [2.24, 2.45) is 10.7 Å². The summed E-state index contributed by atoms with van der Waals surface area (Å²) in [7, 11) is 3.89. The van der Waals surface area contributed by atoms with E-state index in [0.29, 0.717) is 16.4 Å². The lowest BCUT2D eigenvalue weighted by molar-refractivity contribution is -0.111. The second-order valence-corrected chi connectivity index (χ2v) is 5.23. The van der Waals surface area contributed by atoms with Gasteiger partial charge >= 0.3 is 0 Å². The molecule has 1 aromatic rings. The number of halogens is 1. The van der Waals surface area contributed by atoms with E-state index >= 15 is 0 Å². The molecular weight excluding hydrogens is 274 g/mol. The maximum atomic E-state index is 11.4. The maximum absolute atomic E-state index is 11.4. The van der Waals surface area contributed by atoms with E-state index in [1.807, 2.05) is 44.1 Å². The molecule has 0 saturated heterocycles. The smallest absolute Gasteiger partial charge is 0.201 e. The van der Waals surface area contributed by atoms with E-state index in [0.717, 1.165) is 11.3 Å². The average molecular weight is 290 g/mol. The van der Waals surface area contributed by atoms with Crippen LogP contribution in [0.1, 0.15) is 6.92 Å². The Balaban J connectivity index is 2.41. The molecule has 2 rings (SSSR count). The zero-order valence-corrected chi connectivity index (χ0v) is 12.4. The van der Waals surface area contributed by atoms with Crippen LogP contribution in [0.5, 0.6) is 0 Å². The van der Waals surface area contributed by atoms with Gasteiger partial charge in [-0.3, -0.25) is 4.79 Å². The van der Waals surface area contributed by atoms with Gasteiger partial charge in [-0.1, -0.05) is 11.6 Å². The Morgan fingerprint density at radius 2 is 1.95 bits per heavy atom. The van der Waals surface area contributed by atoms with Crippen LogP contribution in [-0.2, 0) is 4.79 Å². The summed E-state index contributed by atoms with van der Waals surface area (Å²) in [6, 6.07) is 5.63. The Bertz CT molecular complexity index is 657. The largest absolute Gasteiger partial charge is 0.396 e. The molecule has 4 nitrogen and oxygen atoms in total. The number of carbonyl (C=O) groups is 1. The Morgan fingerprint density at radius 3 is 2.55 bits per heavy atom. The average Bonchev–Trinajstić information content (AvgIpc) is 2.37. The number of nitrogens with two attached hydrogens (primary N) is 1. The molecule has 0 amide bonds. The molecule has 0 aromatic heterocycles. The topological polar surface area (TPSA) is 58.7 Å². The van der Waals surface area contributed by atoms with E-state index in [1.54, 1.807) is 6.08 Å². The third kappa shape index (κ3) is 2.91. The van der Waals surface area contributed by atoms with Gasteiger partial charge < -0.3 is 10.6 Å². The van der Waals surface area contributed by atoms with Crippen molar-refractivity contribution in [1.82, 2.24) is 0 Å². The van der Waals surface area contributed by atoms with Gasteiger partial charge in [0, 0.05) is 19.8 Å². The van der Waals surface area contributed by atoms with Crippen LogP contribution in [0, 0.1) is 0 Å². The fourth-order valence-corrected chi connectivity index (χ4v) is 2.02. The van der Waals surface area contributed by atoms with Gasteiger partial charge in [-0.2, -0.15) is 0 Å². The Kier molecular flexibility index (Phi) is 3.95. The maximum Gasteiger partial charge on any atom is 0.201 e. The summed E-state index contributed by atoms with van der Waals surface area (Å²) >= 11 is 6.23. The second-order valence-electron chi connectivity index (χ2n) is 4.82. The number of allylic oxidation sites excluding steroid dienone is 3. The van der Waals surface area contributed by atoms with Crippen LogP contribution in [0.2, 0.25) is 5.02 Å². The Morgan fingerprint density at radius 1 is 1.25 bits per heavy atom. The minimum Gasteiger partial charge on any atom is -0.396 e. The predicted octanol–water partition coefficient (Wildman–Crippen LogP) is 2.85. The molecule has 2 N–H and O–H groups in total. The number of hydrogen-bond acceptors (Lipinski definition) is 4. The molecule has 20 heavy (non-hydrogen) atoms. The summed E-state index contributed by atoms with van der Waals surface area (Å²) in [6.45, 7) is 1.82. The van der Waals surface area contributed by atoms with Crippen LogP contribution >= 0.6 is 11.6 Å². The fraction of sp³-hybridized carbons (Fsp3) is 0.200. The summed E-state index contributed by atoms with van der Waals surface area (Å²) in [5.74, 6) is -0.185. The minimum atomic E-state index is -0.185. The molecule has 0 spiro atoms. The number of rotatable bonds is 2.